The molecular formula is C21H28N2O6S. The van der Waals surface area contributed by atoms with Crippen LogP contribution in [0.2, 0.25) is 0 Å². The van der Waals surface area contributed by atoms with Crippen LogP contribution in [-0.2, 0) is 21.4 Å². The number of carbonyl (C=O) groups is 1. The van der Waals surface area contributed by atoms with Crippen molar-refractivity contribution in [2.45, 2.75) is 26.4 Å². The van der Waals surface area contributed by atoms with E-state index in [9.17, 15) is 13.2 Å². The van der Waals surface area contributed by atoms with E-state index in [-0.39, 0.29) is 12.2 Å². The van der Waals surface area contributed by atoms with Gasteiger partial charge in [0.25, 0.3) is 0 Å². The van der Waals surface area contributed by atoms with Gasteiger partial charge in [0, 0.05) is 12.6 Å². The quantitative estimate of drug-likeness (QED) is 0.615. The lowest BCUT2D eigenvalue weighted by atomic mass is 10.2. The number of sulfonamides is 1. The minimum absolute atomic E-state index is 0.223. The lowest BCUT2D eigenvalue weighted by Gasteiger charge is -2.29. The number of rotatable bonds is 10. The number of methoxy groups -OCH3 is 2. The van der Waals surface area contributed by atoms with Crippen LogP contribution in [0.1, 0.15) is 19.4 Å². The summed E-state index contributed by atoms with van der Waals surface area (Å²) >= 11 is 0. The first-order valence-corrected chi connectivity index (χ1v) is 11.3. The van der Waals surface area contributed by atoms with Gasteiger partial charge in [-0.1, -0.05) is 12.1 Å². The maximum absolute atomic E-state index is 12.8. The second-order valence-electron chi connectivity index (χ2n) is 6.57. The van der Waals surface area contributed by atoms with E-state index < -0.39 is 22.0 Å². The Balaban J connectivity index is 2.27. The molecule has 9 heteroatoms. The normalized spacial score (nSPS) is 12.0. The van der Waals surface area contributed by atoms with Gasteiger partial charge < -0.3 is 19.5 Å². The molecule has 0 aliphatic heterocycles. The van der Waals surface area contributed by atoms with Crippen LogP contribution in [0.4, 0.5) is 5.69 Å². The van der Waals surface area contributed by atoms with Crippen molar-refractivity contribution in [2.24, 2.45) is 0 Å². The van der Waals surface area contributed by atoms with Gasteiger partial charge >= 0.3 is 0 Å². The van der Waals surface area contributed by atoms with E-state index in [2.05, 4.69) is 5.32 Å². The summed E-state index contributed by atoms with van der Waals surface area (Å²) in [5, 5.41) is 2.78. The Kier molecular flexibility index (Phi) is 7.93. The van der Waals surface area contributed by atoms with E-state index in [4.69, 9.17) is 14.2 Å². The Hall–Kier alpha value is -2.94. The highest BCUT2D eigenvalue weighted by atomic mass is 32.2. The first kappa shape index (κ1) is 23.3. The summed E-state index contributed by atoms with van der Waals surface area (Å²) in [7, 11) is -0.892. The molecule has 0 aromatic heterocycles. The Morgan fingerprint density at radius 2 is 1.83 bits per heavy atom. The Labute approximate surface area is 177 Å². The minimum atomic E-state index is -3.80. The molecule has 1 amide bonds. The van der Waals surface area contributed by atoms with E-state index in [0.29, 0.717) is 23.9 Å². The first-order valence-electron chi connectivity index (χ1n) is 9.42. The summed E-state index contributed by atoms with van der Waals surface area (Å²) in [6.45, 7) is 4.18. The topological polar surface area (TPSA) is 94.2 Å². The summed E-state index contributed by atoms with van der Waals surface area (Å²) in [4.78, 5) is 12.8. The van der Waals surface area contributed by atoms with Gasteiger partial charge in [-0.25, -0.2) is 8.42 Å². The summed E-state index contributed by atoms with van der Waals surface area (Å²) < 4.78 is 42.1. The molecular weight excluding hydrogens is 408 g/mol. The fourth-order valence-electron chi connectivity index (χ4n) is 3.00. The number of nitrogens with one attached hydrogen (secondary N) is 1. The molecule has 0 saturated heterocycles. The van der Waals surface area contributed by atoms with Crippen molar-refractivity contribution >= 4 is 21.6 Å². The van der Waals surface area contributed by atoms with Gasteiger partial charge in [-0.15, -0.1) is 0 Å². The third kappa shape index (κ3) is 5.79. The van der Waals surface area contributed by atoms with Crippen molar-refractivity contribution in [3.05, 3.63) is 48.0 Å². The maximum Gasteiger partial charge on any atom is 0.243 e. The van der Waals surface area contributed by atoms with Gasteiger partial charge in [0.15, 0.2) is 0 Å². The van der Waals surface area contributed by atoms with Gasteiger partial charge in [-0.2, -0.15) is 0 Å². The van der Waals surface area contributed by atoms with Gasteiger partial charge in [0.05, 0.1) is 32.8 Å². The van der Waals surface area contributed by atoms with Crippen molar-refractivity contribution in [3.8, 4) is 17.2 Å². The summed E-state index contributed by atoms with van der Waals surface area (Å²) in [5.74, 6) is 1.01. The number of hydrogen-bond acceptors (Lipinski definition) is 6. The van der Waals surface area contributed by atoms with E-state index in [1.165, 1.54) is 27.2 Å². The number of carbonyl (C=O) groups excluding carboxylic acids is 1. The van der Waals surface area contributed by atoms with Gasteiger partial charge in [0.1, 0.15) is 23.3 Å². The molecule has 2 aromatic carbocycles. The highest BCUT2D eigenvalue weighted by Gasteiger charge is 2.31. The molecule has 8 nitrogen and oxygen atoms in total. The molecule has 0 unspecified atom stereocenters. The first-order chi connectivity index (χ1) is 14.2. The lowest BCUT2D eigenvalue weighted by molar-refractivity contribution is -0.122. The standard InChI is InChI=1S/C21H28N2O6S/c1-6-29-18-9-7-8-16(12-18)14-22-21(24)15(2)23(30(5,25)26)19-13-17(27-3)10-11-20(19)28-4/h7-13,15H,6,14H2,1-5H3,(H,22,24)/t15-/m1/s1. The number of benzene rings is 2. The number of hydrogen-bond donors (Lipinski definition) is 1. The van der Waals surface area contributed by atoms with E-state index in [1.54, 1.807) is 12.1 Å². The average molecular weight is 437 g/mol. The molecule has 0 heterocycles. The van der Waals surface area contributed by atoms with Crippen molar-refractivity contribution < 1.29 is 27.4 Å². The van der Waals surface area contributed by atoms with E-state index in [1.807, 2.05) is 31.2 Å². The van der Waals surface area contributed by atoms with Crippen molar-refractivity contribution in [1.29, 1.82) is 0 Å². The highest BCUT2D eigenvalue weighted by molar-refractivity contribution is 7.92. The molecule has 0 saturated carbocycles. The van der Waals surface area contributed by atoms with Crippen LogP contribution in [0.3, 0.4) is 0 Å². The van der Waals surface area contributed by atoms with Crippen LogP contribution < -0.4 is 23.8 Å². The Morgan fingerprint density at radius 3 is 2.43 bits per heavy atom. The number of amides is 1. The second kappa shape index (κ2) is 10.2. The second-order valence-corrected chi connectivity index (χ2v) is 8.43. The van der Waals surface area contributed by atoms with Crippen LogP contribution >= 0.6 is 0 Å². The van der Waals surface area contributed by atoms with Crippen LogP contribution in [-0.4, -0.2) is 47.4 Å². The van der Waals surface area contributed by atoms with Crippen LogP contribution in [0, 0.1) is 0 Å². The van der Waals surface area contributed by atoms with Crippen LogP contribution in [0.25, 0.3) is 0 Å². The predicted molar refractivity (Wildman–Crippen MR) is 116 cm³/mol. The molecule has 0 spiro atoms. The molecule has 0 radical (unpaired) electrons. The summed E-state index contributed by atoms with van der Waals surface area (Å²) in [6, 6.07) is 11.1. The smallest absolute Gasteiger partial charge is 0.243 e. The molecule has 0 fully saturated rings. The fourth-order valence-corrected chi connectivity index (χ4v) is 4.17. The summed E-state index contributed by atoms with van der Waals surface area (Å²) in [5.41, 5.74) is 1.06. The number of ether oxygens (including phenoxy) is 3. The lowest BCUT2D eigenvalue weighted by Crippen LogP contribution is -2.47. The number of anilines is 1. The van der Waals surface area contributed by atoms with Gasteiger partial charge in [0.2, 0.25) is 15.9 Å². The van der Waals surface area contributed by atoms with Crippen LogP contribution in [0.5, 0.6) is 17.2 Å². The third-order valence-electron chi connectivity index (χ3n) is 4.39. The van der Waals surface area contributed by atoms with Gasteiger partial charge in [-0.05, 0) is 43.7 Å². The SMILES string of the molecule is CCOc1cccc(CNC(=O)[C@@H](C)N(c2cc(OC)ccc2OC)S(C)(=O)=O)c1. The molecule has 0 bridgehead atoms. The molecule has 0 aliphatic carbocycles. The molecule has 0 aliphatic rings. The zero-order valence-corrected chi connectivity index (χ0v) is 18.7. The number of nitrogens with zero attached hydrogens (tertiary/aromatic N) is 1. The zero-order valence-electron chi connectivity index (χ0n) is 17.8. The molecule has 164 valence electrons. The molecule has 2 aromatic rings. The van der Waals surface area contributed by atoms with Crippen molar-refractivity contribution in [1.82, 2.24) is 5.32 Å². The minimum Gasteiger partial charge on any atom is -0.497 e. The largest absolute Gasteiger partial charge is 0.497 e. The highest BCUT2D eigenvalue weighted by Crippen LogP contribution is 2.35. The van der Waals surface area contributed by atoms with Crippen molar-refractivity contribution in [3.63, 3.8) is 0 Å². The predicted octanol–water partition coefficient (Wildman–Crippen LogP) is 2.57. The maximum atomic E-state index is 12.8. The average Bonchev–Trinajstić information content (AvgIpc) is 2.71. The van der Waals surface area contributed by atoms with Crippen LogP contribution in [0.15, 0.2) is 42.5 Å². The van der Waals surface area contributed by atoms with Gasteiger partial charge in [-0.3, -0.25) is 9.10 Å². The molecule has 1 N–H and O–H groups in total. The van der Waals surface area contributed by atoms with Crippen molar-refractivity contribution in [2.75, 3.05) is 31.4 Å². The van der Waals surface area contributed by atoms with E-state index >= 15 is 0 Å². The molecule has 1 atom stereocenters. The van der Waals surface area contributed by atoms with E-state index in [0.717, 1.165) is 16.1 Å². The summed E-state index contributed by atoms with van der Waals surface area (Å²) in [6.07, 6.45) is 1.04. The third-order valence-corrected chi connectivity index (χ3v) is 5.62. The Bertz CT molecular complexity index is 977. The zero-order chi connectivity index (χ0) is 22.3. The molecule has 30 heavy (non-hydrogen) atoms. The molecule has 2 rings (SSSR count). The Morgan fingerprint density at radius 1 is 1.10 bits per heavy atom. The fraction of sp³-hybridized carbons (Fsp3) is 0.381. The monoisotopic (exact) mass is 436 g/mol.